The van der Waals surface area contributed by atoms with Gasteiger partial charge in [0.25, 0.3) is 5.91 Å². The predicted octanol–water partition coefficient (Wildman–Crippen LogP) is 3.32. The third-order valence-electron chi connectivity index (χ3n) is 4.52. The first kappa shape index (κ1) is 19.7. The van der Waals surface area contributed by atoms with Crippen molar-refractivity contribution in [2.75, 3.05) is 32.8 Å². The van der Waals surface area contributed by atoms with Crippen LogP contribution < -0.4 is 4.74 Å². The van der Waals surface area contributed by atoms with Gasteiger partial charge < -0.3 is 19.3 Å². The second-order valence-electron chi connectivity index (χ2n) is 6.39. The number of ether oxygens (including phenoxy) is 2. The molecule has 2 aromatic carbocycles. The van der Waals surface area contributed by atoms with Crippen molar-refractivity contribution < 1.29 is 23.5 Å². The summed E-state index contributed by atoms with van der Waals surface area (Å²) in [5, 5.41) is 0. The summed E-state index contributed by atoms with van der Waals surface area (Å²) in [6.07, 6.45) is -0.349. The van der Waals surface area contributed by atoms with E-state index >= 15 is 0 Å². The van der Waals surface area contributed by atoms with Crippen LogP contribution in [0, 0.1) is 5.82 Å². The van der Waals surface area contributed by atoms with E-state index < -0.39 is 0 Å². The van der Waals surface area contributed by atoms with Crippen LogP contribution in [0.15, 0.2) is 48.5 Å². The van der Waals surface area contributed by atoms with Crippen LogP contribution in [-0.4, -0.2) is 54.6 Å². The van der Waals surface area contributed by atoms with Gasteiger partial charge in [0, 0.05) is 26.2 Å². The minimum absolute atomic E-state index is 0.141. The lowest BCUT2D eigenvalue weighted by Gasteiger charge is -2.34. The zero-order valence-electron chi connectivity index (χ0n) is 15.8. The van der Waals surface area contributed by atoms with Crippen molar-refractivity contribution in [2.45, 2.75) is 13.5 Å². The zero-order chi connectivity index (χ0) is 19.9. The van der Waals surface area contributed by atoms with Crippen LogP contribution >= 0.6 is 0 Å². The summed E-state index contributed by atoms with van der Waals surface area (Å²) >= 11 is 0. The lowest BCUT2D eigenvalue weighted by Crippen LogP contribution is -2.50. The van der Waals surface area contributed by atoms with Crippen LogP contribution in [0.5, 0.6) is 5.75 Å². The van der Waals surface area contributed by atoms with Gasteiger partial charge in [-0.25, -0.2) is 9.18 Å². The standard InChI is InChI=1S/C21H23FN2O4/c1-2-27-21(26)24-13-11-23(12-14-24)20(25)18-5-3-4-6-19(18)28-15-16-7-9-17(22)10-8-16/h3-10H,2,11-15H2,1H3. The van der Waals surface area contributed by atoms with Crippen LogP contribution in [0.2, 0.25) is 0 Å². The van der Waals surface area contributed by atoms with E-state index in [0.717, 1.165) is 5.56 Å². The molecule has 1 fully saturated rings. The van der Waals surface area contributed by atoms with Gasteiger partial charge in [-0.05, 0) is 36.8 Å². The molecule has 1 heterocycles. The molecule has 0 bridgehead atoms. The number of piperazine rings is 1. The molecule has 0 atom stereocenters. The minimum Gasteiger partial charge on any atom is -0.488 e. The highest BCUT2D eigenvalue weighted by Gasteiger charge is 2.26. The van der Waals surface area contributed by atoms with Crippen molar-refractivity contribution in [1.29, 1.82) is 0 Å². The Morgan fingerprint density at radius 3 is 2.29 bits per heavy atom. The molecule has 1 saturated heterocycles. The number of hydrogen-bond acceptors (Lipinski definition) is 4. The molecule has 1 aliphatic rings. The van der Waals surface area contributed by atoms with Crippen molar-refractivity contribution in [3.63, 3.8) is 0 Å². The number of rotatable bonds is 5. The molecule has 6 nitrogen and oxygen atoms in total. The highest BCUT2D eigenvalue weighted by molar-refractivity contribution is 5.97. The fourth-order valence-corrected chi connectivity index (χ4v) is 2.99. The summed E-state index contributed by atoms with van der Waals surface area (Å²) in [4.78, 5) is 28.0. The fourth-order valence-electron chi connectivity index (χ4n) is 2.99. The van der Waals surface area contributed by atoms with Gasteiger partial charge in [0.2, 0.25) is 0 Å². The number of nitrogens with zero attached hydrogens (tertiary/aromatic N) is 2. The molecule has 3 rings (SSSR count). The summed E-state index contributed by atoms with van der Waals surface area (Å²) in [5.41, 5.74) is 1.28. The van der Waals surface area contributed by atoms with Crippen LogP contribution in [0.25, 0.3) is 0 Å². The second-order valence-corrected chi connectivity index (χ2v) is 6.39. The Labute approximate surface area is 163 Å². The summed E-state index contributed by atoms with van der Waals surface area (Å²) < 4.78 is 23.8. The molecule has 0 unspecified atom stereocenters. The summed E-state index contributed by atoms with van der Waals surface area (Å²) in [7, 11) is 0. The maximum atomic E-state index is 13.0. The van der Waals surface area contributed by atoms with E-state index in [0.29, 0.717) is 44.1 Å². The average Bonchev–Trinajstić information content (AvgIpc) is 2.73. The topological polar surface area (TPSA) is 59.1 Å². The van der Waals surface area contributed by atoms with Crippen molar-refractivity contribution >= 4 is 12.0 Å². The van der Waals surface area contributed by atoms with Gasteiger partial charge in [0.05, 0.1) is 12.2 Å². The Bertz CT molecular complexity index is 817. The Hall–Kier alpha value is -3.09. The highest BCUT2D eigenvalue weighted by Crippen LogP contribution is 2.22. The number of hydrogen-bond donors (Lipinski definition) is 0. The molecule has 148 valence electrons. The van der Waals surface area contributed by atoms with Crippen molar-refractivity contribution in [2.24, 2.45) is 0 Å². The van der Waals surface area contributed by atoms with Gasteiger partial charge in [-0.15, -0.1) is 0 Å². The fraction of sp³-hybridized carbons (Fsp3) is 0.333. The highest BCUT2D eigenvalue weighted by atomic mass is 19.1. The van der Waals surface area contributed by atoms with Gasteiger partial charge >= 0.3 is 6.09 Å². The molecule has 0 N–H and O–H groups in total. The largest absolute Gasteiger partial charge is 0.488 e. The zero-order valence-corrected chi connectivity index (χ0v) is 15.8. The normalized spacial score (nSPS) is 13.9. The van der Waals surface area contributed by atoms with E-state index in [1.165, 1.54) is 12.1 Å². The van der Waals surface area contributed by atoms with Crippen LogP contribution in [0.1, 0.15) is 22.8 Å². The number of halogens is 1. The van der Waals surface area contributed by atoms with Gasteiger partial charge in [0.15, 0.2) is 0 Å². The maximum absolute atomic E-state index is 13.0. The van der Waals surface area contributed by atoms with Gasteiger partial charge in [0.1, 0.15) is 18.2 Å². The van der Waals surface area contributed by atoms with Crippen molar-refractivity contribution in [1.82, 2.24) is 9.80 Å². The molecule has 0 radical (unpaired) electrons. The van der Waals surface area contributed by atoms with E-state index in [4.69, 9.17) is 9.47 Å². The summed E-state index contributed by atoms with van der Waals surface area (Å²) in [5.74, 6) is 0.0316. The van der Waals surface area contributed by atoms with E-state index in [9.17, 15) is 14.0 Å². The Morgan fingerprint density at radius 2 is 1.61 bits per heavy atom. The third-order valence-corrected chi connectivity index (χ3v) is 4.52. The van der Waals surface area contributed by atoms with E-state index in [-0.39, 0.29) is 24.4 Å². The minimum atomic E-state index is -0.349. The first-order valence-corrected chi connectivity index (χ1v) is 9.25. The van der Waals surface area contributed by atoms with E-state index in [1.54, 1.807) is 53.1 Å². The number of para-hydroxylation sites is 1. The Morgan fingerprint density at radius 1 is 0.964 bits per heavy atom. The number of carbonyl (C=O) groups excluding carboxylic acids is 2. The molecule has 0 aliphatic carbocycles. The molecule has 7 heteroatoms. The van der Waals surface area contributed by atoms with E-state index in [1.807, 2.05) is 0 Å². The van der Waals surface area contributed by atoms with Crippen LogP contribution in [0.4, 0.5) is 9.18 Å². The second kappa shape index (κ2) is 9.21. The molecule has 2 amide bonds. The quantitative estimate of drug-likeness (QED) is 0.791. The SMILES string of the molecule is CCOC(=O)N1CCN(C(=O)c2ccccc2OCc2ccc(F)cc2)CC1. The molecule has 0 spiro atoms. The average molecular weight is 386 g/mol. The number of amides is 2. The Kier molecular flexibility index (Phi) is 6.47. The molecule has 0 aromatic heterocycles. The first-order valence-electron chi connectivity index (χ1n) is 9.25. The van der Waals surface area contributed by atoms with E-state index in [2.05, 4.69) is 0 Å². The molecular formula is C21H23FN2O4. The molecular weight excluding hydrogens is 363 g/mol. The van der Waals surface area contributed by atoms with Gasteiger partial charge in [-0.2, -0.15) is 0 Å². The monoisotopic (exact) mass is 386 g/mol. The van der Waals surface area contributed by atoms with Crippen LogP contribution in [-0.2, 0) is 11.3 Å². The molecule has 2 aromatic rings. The van der Waals surface area contributed by atoms with Crippen LogP contribution in [0.3, 0.4) is 0 Å². The first-order chi connectivity index (χ1) is 13.6. The van der Waals surface area contributed by atoms with Crippen molar-refractivity contribution in [3.05, 3.63) is 65.5 Å². The van der Waals surface area contributed by atoms with Crippen molar-refractivity contribution in [3.8, 4) is 5.75 Å². The third kappa shape index (κ3) is 4.79. The number of benzene rings is 2. The number of carbonyl (C=O) groups is 2. The summed E-state index contributed by atoms with van der Waals surface area (Å²) in [6.45, 7) is 4.07. The Balaban J connectivity index is 1.63. The predicted molar refractivity (Wildman–Crippen MR) is 102 cm³/mol. The van der Waals surface area contributed by atoms with Gasteiger partial charge in [-0.1, -0.05) is 24.3 Å². The smallest absolute Gasteiger partial charge is 0.409 e. The lowest BCUT2D eigenvalue weighted by atomic mass is 10.1. The molecule has 1 aliphatic heterocycles. The molecule has 0 saturated carbocycles. The summed E-state index contributed by atoms with van der Waals surface area (Å²) in [6, 6.07) is 13.1. The van der Waals surface area contributed by atoms with Gasteiger partial charge in [-0.3, -0.25) is 4.79 Å². The lowest BCUT2D eigenvalue weighted by molar-refractivity contribution is 0.0567. The molecule has 28 heavy (non-hydrogen) atoms. The maximum Gasteiger partial charge on any atom is 0.409 e.